The van der Waals surface area contributed by atoms with Gasteiger partial charge in [0.2, 0.25) is 15.9 Å². The number of ether oxygens (including phenoxy) is 1. The predicted molar refractivity (Wildman–Crippen MR) is 94.1 cm³/mol. The average molecular weight is 381 g/mol. The van der Waals surface area contributed by atoms with Crippen LogP contribution in [-0.4, -0.2) is 52.1 Å². The molecule has 3 N–H and O–H groups in total. The highest BCUT2D eigenvalue weighted by Gasteiger charge is 2.23. The van der Waals surface area contributed by atoms with E-state index in [9.17, 15) is 18.0 Å². The number of carbonyl (C=O) groups excluding carboxylic acids is 2. The van der Waals surface area contributed by atoms with Gasteiger partial charge in [-0.3, -0.25) is 9.59 Å². The van der Waals surface area contributed by atoms with Crippen molar-refractivity contribution in [1.29, 1.82) is 0 Å². The van der Waals surface area contributed by atoms with Gasteiger partial charge >= 0.3 is 0 Å². The van der Waals surface area contributed by atoms with Crippen LogP contribution in [0, 0.1) is 0 Å². The van der Waals surface area contributed by atoms with E-state index in [1.165, 1.54) is 24.3 Å². The second kappa shape index (κ2) is 8.15. The van der Waals surface area contributed by atoms with Crippen LogP contribution in [0.3, 0.4) is 0 Å². The molecule has 8 nitrogen and oxygen atoms in total. The van der Waals surface area contributed by atoms with E-state index < -0.39 is 15.9 Å². The van der Waals surface area contributed by atoms with E-state index in [4.69, 9.17) is 4.74 Å². The number of amides is 2. The molecule has 2 amide bonds. The maximum atomic E-state index is 12.3. The number of benzene rings is 1. The van der Waals surface area contributed by atoms with E-state index in [2.05, 4.69) is 15.4 Å². The van der Waals surface area contributed by atoms with Gasteiger partial charge < -0.3 is 15.4 Å². The first-order chi connectivity index (χ1) is 12.4. The lowest BCUT2D eigenvalue weighted by molar-refractivity contribution is -0.120. The normalized spacial score (nSPS) is 19.9. The smallest absolute Gasteiger partial charge is 0.251 e. The lowest BCUT2D eigenvalue weighted by Gasteiger charge is -2.11. The van der Waals surface area contributed by atoms with Crippen molar-refractivity contribution in [3.05, 3.63) is 29.8 Å². The Balaban J connectivity index is 1.51. The maximum Gasteiger partial charge on any atom is 0.251 e. The maximum absolute atomic E-state index is 12.3. The number of carbonyl (C=O) groups is 2. The van der Waals surface area contributed by atoms with Gasteiger partial charge in [-0.25, -0.2) is 13.1 Å². The zero-order chi connectivity index (χ0) is 18.6. The van der Waals surface area contributed by atoms with Crippen LogP contribution in [-0.2, 0) is 19.6 Å². The molecule has 1 aromatic carbocycles. The standard InChI is InChI=1S/C17H23N3O5S/c21-16(20-13-5-6-13)11-18-17(22)12-3-7-15(8-4-12)26(23,24)19-10-14-2-1-9-25-14/h3-4,7-8,13-14,19H,1-2,5-6,9-11H2,(H,18,22)(H,20,21)/t14-/m1/s1. The Morgan fingerprint density at radius 2 is 1.85 bits per heavy atom. The predicted octanol–water partition coefficient (Wildman–Crippen LogP) is 0.152. The van der Waals surface area contributed by atoms with E-state index in [1.807, 2.05) is 0 Å². The van der Waals surface area contributed by atoms with Gasteiger partial charge in [0.15, 0.2) is 0 Å². The third-order valence-corrected chi connectivity index (χ3v) is 5.74. The molecular weight excluding hydrogens is 358 g/mol. The lowest BCUT2D eigenvalue weighted by Crippen LogP contribution is -2.37. The lowest BCUT2D eigenvalue weighted by atomic mass is 10.2. The molecule has 0 radical (unpaired) electrons. The minimum absolute atomic E-state index is 0.0820. The Hall–Kier alpha value is -1.97. The average Bonchev–Trinajstić information content (AvgIpc) is 3.28. The summed E-state index contributed by atoms with van der Waals surface area (Å²) in [5.74, 6) is -0.648. The first kappa shape index (κ1) is 18.8. The van der Waals surface area contributed by atoms with Gasteiger partial charge in [-0.1, -0.05) is 0 Å². The first-order valence-corrected chi connectivity index (χ1v) is 10.2. The summed E-state index contributed by atoms with van der Waals surface area (Å²) in [6.07, 6.45) is 3.66. The van der Waals surface area contributed by atoms with Crippen molar-refractivity contribution in [3.63, 3.8) is 0 Å². The number of hydrogen-bond donors (Lipinski definition) is 3. The Morgan fingerprint density at radius 1 is 1.12 bits per heavy atom. The van der Waals surface area contributed by atoms with Crippen molar-refractivity contribution < 1.29 is 22.7 Å². The molecular formula is C17H23N3O5S. The molecule has 1 aliphatic carbocycles. The summed E-state index contributed by atoms with van der Waals surface area (Å²) in [6, 6.07) is 5.84. The van der Waals surface area contributed by atoms with Gasteiger partial charge in [0, 0.05) is 24.8 Å². The number of hydrogen-bond acceptors (Lipinski definition) is 5. The molecule has 1 atom stereocenters. The summed E-state index contributed by atoms with van der Waals surface area (Å²) in [4.78, 5) is 23.7. The molecule has 9 heteroatoms. The zero-order valence-corrected chi connectivity index (χ0v) is 15.2. The van der Waals surface area contributed by atoms with Crippen molar-refractivity contribution >= 4 is 21.8 Å². The van der Waals surface area contributed by atoms with E-state index in [1.54, 1.807) is 0 Å². The minimum Gasteiger partial charge on any atom is -0.377 e. The van der Waals surface area contributed by atoms with E-state index in [-0.39, 0.29) is 36.0 Å². The van der Waals surface area contributed by atoms with Gasteiger partial charge in [0.25, 0.3) is 5.91 Å². The molecule has 1 saturated heterocycles. The van der Waals surface area contributed by atoms with Crippen molar-refractivity contribution in [2.45, 2.75) is 42.7 Å². The van der Waals surface area contributed by atoms with Crippen molar-refractivity contribution in [2.75, 3.05) is 19.7 Å². The molecule has 0 aromatic heterocycles. The summed E-state index contributed by atoms with van der Waals surface area (Å²) >= 11 is 0. The SMILES string of the molecule is O=C(CNC(=O)c1ccc(S(=O)(=O)NC[C@H]2CCCO2)cc1)NC1CC1. The molecule has 0 spiro atoms. The van der Waals surface area contributed by atoms with Crippen LogP contribution in [0.5, 0.6) is 0 Å². The Kier molecular flexibility index (Phi) is 5.90. The molecule has 1 aromatic rings. The second-order valence-corrected chi connectivity index (χ2v) is 8.30. The van der Waals surface area contributed by atoms with Crippen LogP contribution in [0.25, 0.3) is 0 Å². The fourth-order valence-electron chi connectivity index (χ4n) is 2.65. The van der Waals surface area contributed by atoms with Crippen LogP contribution >= 0.6 is 0 Å². The highest BCUT2D eigenvalue weighted by atomic mass is 32.2. The third kappa shape index (κ3) is 5.26. The van der Waals surface area contributed by atoms with E-state index in [0.29, 0.717) is 12.2 Å². The molecule has 2 aliphatic rings. The highest BCUT2D eigenvalue weighted by molar-refractivity contribution is 7.89. The molecule has 1 heterocycles. The van der Waals surface area contributed by atoms with Crippen molar-refractivity contribution in [1.82, 2.24) is 15.4 Å². The van der Waals surface area contributed by atoms with Crippen molar-refractivity contribution in [3.8, 4) is 0 Å². The fraction of sp³-hybridized carbons (Fsp3) is 0.529. The molecule has 26 heavy (non-hydrogen) atoms. The summed E-state index contributed by atoms with van der Waals surface area (Å²) in [7, 11) is -3.65. The summed E-state index contributed by atoms with van der Waals surface area (Å²) in [5, 5.41) is 5.30. The van der Waals surface area contributed by atoms with Gasteiger partial charge in [-0.15, -0.1) is 0 Å². The van der Waals surface area contributed by atoms with Gasteiger partial charge in [-0.05, 0) is 49.9 Å². The highest BCUT2D eigenvalue weighted by Crippen LogP contribution is 2.18. The van der Waals surface area contributed by atoms with Gasteiger partial charge in [0.05, 0.1) is 17.5 Å². The van der Waals surface area contributed by atoms with Crippen LogP contribution in [0.2, 0.25) is 0 Å². The third-order valence-electron chi connectivity index (χ3n) is 4.30. The molecule has 142 valence electrons. The van der Waals surface area contributed by atoms with Crippen LogP contribution in [0.15, 0.2) is 29.2 Å². The molecule has 1 saturated carbocycles. The van der Waals surface area contributed by atoms with Gasteiger partial charge in [0.1, 0.15) is 0 Å². The number of sulfonamides is 1. The van der Waals surface area contributed by atoms with Gasteiger partial charge in [-0.2, -0.15) is 0 Å². The van der Waals surface area contributed by atoms with Crippen LogP contribution in [0.1, 0.15) is 36.0 Å². The Bertz CT molecular complexity index is 753. The number of nitrogens with one attached hydrogen (secondary N) is 3. The van der Waals surface area contributed by atoms with E-state index >= 15 is 0 Å². The number of rotatable bonds is 8. The Labute approximate surface area is 152 Å². The first-order valence-electron chi connectivity index (χ1n) is 8.73. The molecule has 0 bridgehead atoms. The summed E-state index contributed by atoms with van der Waals surface area (Å²) in [5.41, 5.74) is 0.294. The fourth-order valence-corrected chi connectivity index (χ4v) is 3.71. The summed E-state index contributed by atoms with van der Waals surface area (Å²) in [6.45, 7) is 0.799. The topological polar surface area (TPSA) is 114 Å². The van der Waals surface area contributed by atoms with Crippen LogP contribution in [0.4, 0.5) is 0 Å². The second-order valence-electron chi connectivity index (χ2n) is 6.54. The molecule has 3 rings (SSSR count). The van der Waals surface area contributed by atoms with Crippen LogP contribution < -0.4 is 15.4 Å². The molecule has 1 aliphatic heterocycles. The minimum atomic E-state index is -3.65. The zero-order valence-electron chi connectivity index (χ0n) is 14.4. The largest absolute Gasteiger partial charge is 0.377 e. The van der Waals surface area contributed by atoms with E-state index in [0.717, 1.165) is 25.7 Å². The summed E-state index contributed by atoms with van der Waals surface area (Å²) < 4.78 is 32.5. The molecule has 0 unspecified atom stereocenters. The quantitative estimate of drug-likeness (QED) is 0.593. The molecule has 2 fully saturated rings. The van der Waals surface area contributed by atoms with Crippen molar-refractivity contribution in [2.24, 2.45) is 0 Å². The Morgan fingerprint density at radius 3 is 2.46 bits per heavy atom. The monoisotopic (exact) mass is 381 g/mol.